The number of aryl methyl sites for hydroxylation is 3. The number of carbonyl (C=O) groups is 3. The highest BCUT2D eigenvalue weighted by Gasteiger charge is 2.21. The monoisotopic (exact) mass is 542 g/mol. The van der Waals surface area contributed by atoms with Gasteiger partial charge in [-0.1, -0.05) is 13.8 Å². The van der Waals surface area contributed by atoms with E-state index in [2.05, 4.69) is 39.7 Å². The first-order chi connectivity index (χ1) is 17.9. The summed E-state index contributed by atoms with van der Waals surface area (Å²) in [7, 11) is 7.43. The van der Waals surface area contributed by atoms with Gasteiger partial charge in [0.25, 0.3) is 17.7 Å². The smallest absolute Gasteiger partial charge is 0.274 e. The van der Waals surface area contributed by atoms with E-state index in [1.165, 1.54) is 11.3 Å². The number of hydrogen-bond donors (Lipinski definition) is 4. The Bertz CT molecular complexity index is 1290. The van der Waals surface area contributed by atoms with Crippen LogP contribution in [0.15, 0.2) is 24.5 Å². The molecule has 206 valence electrons. The van der Waals surface area contributed by atoms with Gasteiger partial charge >= 0.3 is 0 Å². The van der Waals surface area contributed by atoms with Crippen LogP contribution >= 0.6 is 11.3 Å². The molecule has 3 aromatic rings. The van der Waals surface area contributed by atoms with E-state index in [1.54, 1.807) is 47.8 Å². The number of aromatic nitrogens is 3. The van der Waals surface area contributed by atoms with E-state index in [-0.39, 0.29) is 11.8 Å². The maximum atomic E-state index is 13.1. The summed E-state index contributed by atoms with van der Waals surface area (Å²) >= 11 is 1.32. The molecular weight excluding hydrogens is 504 g/mol. The molecule has 12 heteroatoms. The number of hydrogen-bond acceptors (Lipinski definition) is 7. The third kappa shape index (κ3) is 7.68. The largest absolute Gasteiger partial charge is 0.397 e. The van der Waals surface area contributed by atoms with Crippen LogP contribution in [0.5, 0.6) is 0 Å². The summed E-state index contributed by atoms with van der Waals surface area (Å²) in [6.07, 6.45) is 5.75. The lowest BCUT2D eigenvalue weighted by atomic mass is 10.1. The van der Waals surface area contributed by atoms with Crippen molar-refractivity contribution in [1.29, 1.82) is 0 Å². The maximum Gasteiger partial charge on any atom is 0.274 e. The lowest BCUT2D eigenvalue weighted by Gasteiger charge is -2.10. The summed E-state index contributed by atoms with van der Waals surface area (Å²) in [5.74, 6) is -0.490. The fourth-order valence-electron chi connectivity index (χ4n) is 3.88. The van der Waals surface area contributed by atoms with Crippen molar-refractivity contribution < 1.29 is 14.4 Å². The minimum atomic E-state index is -0.391. The summed E-state index contributed by atoms with van der Waals surface area (Å²) in [4.78, 5) is 46.0. The third-order valence-electron chi connectivity index (χ3n) is 5.90. The molecule has 0 saturated carbocycles. The normalized spacial score (nSPS) is 11.3. The van der Waals surface area contributed by atoms with E-state index >= 15 is 0 Å². The molecule has 5 N–H and O–H groups in total. The molecule has 0 aliphatic rings. The zero-order chi connectivity index (χ0) is 28.0. The van der Waals surface area contributed by atoms with Gasteiger partial charge in [-0.05, 0) is 58.0 Å². The molecule has 0 atom stereocenters. The number of nitrogen functional groups attached to an aromatic ring is 1. The minimum Gasteiger partial charge on any atom is -0.397 e. The van der Waals surface area contributed by atoms with Crippen molar-refractivity contribution in [2.24, 2.45) is 20.0 Å². The molecule has 3 heterocycles. The molecule has 0 radical (unpaired) electrons. The van der Waals surface area contributed by atoms with Crippen molar-refractivity contribution >= 4 is 45.6 Å². The lowest BCUT2D eigenvalue weighted by molar-refractivity contribution is 0.0944. The number of nitrogens with zero attached hydrogens (tertiary/aromatic N) is 4. The Morgan fingerprint density at radius 2 is 1.68 bits per heavy atom. The van der Waals surface area contributed by atoms with Crippen molar-refractivity contribution in [2.75, 3.05) is 43.6 Å². The van der Waals surface area contributed by atoms with Crippen molar-refractivity contribution in [3.8, 4) is 0 Å². The summed E-state index contributed by atoms with van der Waals surface area (Å²) < 4.78 is 3.26. The second-order valence-corrected chi connectivity index (χ2v) is 11.1. The Morgan fingerprint density at radius 1 is 1.03 bits per heavy atom. The first kappa shape index (κ1) is 28.9. The quantitative estimate of drug-likeness (QED) is 0.259. The molecular formula is C26H38N8O3S. The molecule has 0 fully saturated rings. The zero-order valence-electron chi connectivity index (χ0n) is 22.9. The number of anilines is 3. The molecule has 3 aromatic heterocycles. The van der Waals surface area contributed by atoms with Crippen LogP contribution in [-0.2, 0) is 20.5 Å². The van der Waals surface area contributed by atoms with E-state index in [0.717, 1.165) is 24.3 Å². The standard InChI is InChI=1S/C26H38N8O3S/c1-16(2)8-9-21-22(25(37)28-10-7-11-32(3)4)30-26(38-21)31-24(36)20-13-18(15-34(20)6)29-23(35)19-12-17(27)14-33(19)5/h12-16H,7-11,27H2,1-6H3,(H,28,37)(H,29,35)(H,30,31,36). The first-order valence-corrected chi connectivity index (χ1v) is 13.4. The minimum absolute atomic E-state index is 0.232. The molecule has 0 unspecified atom stereocenters. The Labute approximate surface area is 227 Å². The summed E-state index contributed by atoms with van der Waals surface area (Å²) in [5.41, 5.74) is 7.82. The Hall–Kier alpha value is -3.64. The van der Waals surface area contributed by atoms with E-state index < -0.39 is 5.91 Å². The van der Waals surface area contributed by atoms with Gasteiger partial charge in [0, 0.05) is 37.9 Å². The van der Waals surface area contributed by atoms with Gasteiger partial charge in [-0.2, -0.15) is 0 Å². The third-order valence-corrected chi connectivity index (χ3v) is 6.93. The van der Waals surface area contributed by atoms with Gasteiger partial charge in [-0.15, -0.1) is 11.3 Å². The van der Waals surface area contributed by atoms with Crippen LogP contribution in [0.4, 0.5) is 16.5 Å². The lowest BCUT2D eigenvalue weighted by Crippen LogP contribution is -2.28. The predicted molar refractivity (Wildman–Crippen MR) is 152 cm³/mol. The molecule has 3 amide bonds. The second kappa shape index (κ2) is 12.7. The van der Waals surface area contributed by atoms with Gasteiger partial charge in [0.05, 0.1) is 11.4 Å². The van der Waals surface area contributed by atoms with Crippen molar-refractivity contribution in [2.45, 2.75) is 33.1 Å². The Kier molecular flexibility index (Phi) is 9.70. The Balaban J connectivity index is 1.71. The SMILES string of the molecule is CC(C)CCc1sc(NC(=O)c2cc(NC(=O)c3cc(N)cn3C)cn2C)nc1C(=O)NCCCN(C)C. The fourth-order valence-corrected chi connectivity index (χ4v) is 4.85. The number of rotatable bonds is 12. The molecule has 0 aliphatic heterocycles. The molecule has 0 saturated heterocycles. The Morgan fingerprint density at radius 3 is 2.32 bits per heavy atom. The second-order valence-electron chi connectivity index (χ2n) is 10.0. The summed E-state index contributed by atoms with van der Waals surface area (Å²) in [6.45, 7) is 5.68. The fraction of sp³-hybridized carbons (Fsp3) is 0.462. The van der Waals surface area contributed by atoms with E-state index in [1.807, 2.05) is 14.1 Å². The van der Waals surface area contributed by atoms with Gasteiger partial charge in [0.15, 0.2) is 5.13 Å². The molecule has 0 bridgehead atoms. The average Bonchev–Trinajstić information content (AvgIpc) is 3.51. The highest BCUT2D eigenvalue weighted by molar-refractivity contribution is 7.16. The van der Waals surface area contributed by atoms with Crippen molar-refractivity contribution in [1.82, 2.24) is 24.3 Å². The molecule has 0 aliphatic carbocycles. The van der Waals surface area contributed by atoms with Crippen LogP contribution in [0.25, 0.3) is 0 Å². The van der Waals surface area contributed by atoms with Crippen LogP contribution in [0.2, 0.25) is 0 Å². The van der Waals surface area contributed by atoms with Crippen molar-refractivity contribution in [3.63, 3.8) is 0 Å². The van der Waals surface area contributed by atoms with E-state index in [0.29, 0.717) is 52.5 Å². The van der Waals surface area contributed by atoms with Gasteiger partial charge in [-0.25, -0.2) is 4.98 Å². The average molecular weight is 543 g/mol. The topological polar surface area (TPSA) is 139 Å². The van der Waals surface area contributed by atoms with Crippen molar-refractivity contribution in [3.05, 3.63) is 46.5 Å². The summed E-state index contributed by atoms with van der Waals surface area (Å²) in [5, 5.41) is 8.92. The first-order valence-electron chi connectivity index (χ1n) is 12.6. The highest BCUT2D eigenvalue weighted by atomic mass is 32.1. The van der Waals surface area contributed by atoms with E-state index in [9.17, 15) is 14.4 Å². The highest BCUT2D eigenvalue weighted by Crippen LogP contribution is 2.27. The molecule has 3 rings (SSSR count). The number of thiazole rings is 1. The zero-order valence-corrected chi connectivity index (χ0v) is 23.7. The summed E-state index contributed by atoms with van der Waals surface area (Å²) in [6, 6.07) is 3.17. The number of nitrogens with one attached hydrogen (secondary N) is 3. The van der Waals surface area contributed by atoms with Gasteiger partial charge < -0.3 is 30.4 Å². The van der Waals surface area contributed by atoms with Crippen LogP contribution in [0.3, 0.4) is 0 Å². The van der Waals surface area contributed by atoms with Crippen LogP contribution in [0.1, 0.15) is 63.0 Å². The van der Waals surface area contributed by atoms with Crippen LogP contribution in [-0.4, -0.2) is 63.9 Å². The number of amides is 3. The van der Waals surface area contributed by atoms with Gasteiger partial charge in [0.2, 0.25) is 0 Å². The van der Waals surface area contributed by atoms with Crippen LogP contribution in [0, 0.1) is 5.92 Å². The predicted octanol–water partition coefficient (Wildman–Crippen LogP) is 3.18. The van der Waals surface area contributed by atoms with Gasteiger partial charge in [-0.3, -0.25) is 19.7 Å². The number of nitrogens with two attached hydrogens (primary N) is 1. The van der Waals surface area contributed by atoms with Crippen LogP contribution < -0.4 is 21.7 Å². The number of carbonyl (C=O) groups excluding carboxylic acids is 3. The maximum absolute atomic E-state index is 13.1. The molecule has 11 nitrogen and oxygen atoms in total. The van der Waals surface area contributed by atoms with Gasteiger partial charge in [0.1, 0.15) is 17.1 Å². The molecule has 38 heavy (non-hydrogen) atoms. The van der Waals surface area contributed by atoms with E-state index in [4.69, 9.17) is 5.73 Å². The molecule has 0 aromatic carbocycles. The molecule has 0 spiro atoms.